The molecule has 0 saturated heterocycles. The van der Waals surface area contributed by atoms with Crippen LogP contribution in [0.3, 0.4) is 0 Å². The lowest BCUT2D eigenvalue weighted by Crippen LogP contribution is -2.32. The van der Waals surface area contributed by atoms with Crippen LogP contribution in [0.1, 0.15) is 20.3 Å². The Labute approximate surface area is 111 Å². The molecule has 0 bridgehead atoms. The maximum Gasteiger partial charge on any atom is 0.243 e. The van der Waals surface area contributed by atoms with Crippen LogP contribution in [0.4, 0.5) is 5.69 Å². The summed E-state index contributed by atoms with van der Waals surface area (Å²) in [4.78, 5) is -0.129. The van der Waals surface area contributed by atoms with Gasteiger partial charge in [0, 0.05) is 11.7 Å². The van der Waals surface area contributed by atoms with Crippen LogP contribution in [0.15, 0.2) is 17.0 Å². The maximum absolute atomic E-state index is 12.0. The van der Waals surface area contributed by atoms with E-state index in [1.54, 1.807) is 6.92 Å². The second-order valence-corrected chi connectivity index (χ2v) is 6.21. The van der Waals surface area contributed by atoms with Gasteiger partial charge in [-0.1, -0.05) is 30.1 Å². The average molecular weight is 297 g/mol. The number of hydrogen-bond acceptors (Lipinski definition) is 3. The topological polar surface area (TPSA) is 72.2 Å². The highest BCUT2D eigenvalue weighted by Gasteiger charge is 2.23. The quantitative estimate of drug-likeness (QED) is 0.839. The van der Waals surface area contributed by atoms with E-state index in [1.807, 2.05) is 6.92 Å². The Hall–Kier alpha value is -0.490. The molecule has 0 aliphatic carbocycles. The van der Waals surface area contributed by atoms with Crippen LogP contribution < -0.4 is 10.5 Å². The molecular formula is C10H14Cl2N2O2S. The fourth-order valence-electron chi connectivity index (χ4n) is 1.24. The number of nitrogen functional groups attached to an aromatic ring is 1. The van der Waals surface area contributed by atoms with Crippen molar-refractivity contribution in [1.29, 1.82) is 0 Å². The lowest BCUT2D eigenvalue weighted by Gasteiger charge is -2.14. The number of sulfonamides is 1. The van der Waals surface area contributed by atoms with E-state index in [9.17, 15) is 8.42 Å². The van der Waals surface area contributed by atoms with Crippen molar-refractivity contribution in [3.05, 3.63) is 22.2 Å². The van der Waals surface area contributed by atoms with Crippen molar-refractivity contribution >= 4 is 38.9 Å². The van der Waals surface area contributed by atoms with Crippen molar-refractivity contribution in [2.75, 3.05) is 5.73 Å². The van der Waals surface area contributed by atoms with Crippen LogP contribution in [0, 0.1) is 0 Å². The lowest BCUT2D eigenvalue weighted by atomic mass is 10.3. The van der Waals surface area contributed by atoms with Gasteiger partial charge in [-0.25, -0.2) is 13.1 Å². The second kappa shape index (κ2) is 5.44. The number of rotatable bonds is 4. The van der Waals surface area contributed by atoms with Crippen molar-refractivity contribution in [2.24, 2.45) is 0 Å². The average Bonchev–Trinajstić information content (AvgIpc) is 2.14. The number of nitrogens with two attached hydrogens (primary N) is 1. The first-order valence-corrected chi connectivity index (χ1v) is 7.28. The van der Waals surface area contributed by atoms with E-state index in [2.05, 4.69) is 4.72 Å². The predicted octanol–water partition coefficient (Wildman–Crippen LogP) is 2.65. The predicted molar refractivity (Wildman–Crippen MR) is 70.9 cm³/mol. The Bertz CT molecular complexity index is 494. The fraction of sp³-hybridized carbons (Fsp3) is 0.400. The molecule has 0 saturated carbocycles. The zero-order valence-corrected chi connectivity index (χ0v) is 11.8. The van der Waals surface area contributed by atoms with Crippen molar-refractivity contribution in [3.8, 4) is 0 Å². The monoisotopic (exact) mass is 296 g/mol. The van der Waals surface area contributed by atoms with Gasteiger partial charge in [0.1, 0.15) is 4.90 Å². The summed E-state index contributed by atoms with van der Waals surface area (Å²) in [5.74, 6) is 0. The maximum atomic E-state index is 12.0. The van der Waals surface area contributed by atoms with E-state index in [0.717, 1.165) is 0 Å². The van der Waals surface area contributed by atoms with Gasteiger partial charge >= 0.3 is 0 Å². The molecule has 0 spiro atoms. The molecule has 96 valence electrons. The Kier molecular flexibility index (Phi) is 4.66. The van der Waals surface area contributed by atoms with Gasteiger partial charge in [0.05, 0.1) is 10.0 Å². The summed E-state index contributed by atoms with van der Waals surface area (Å²) >= 11 is 11.7. The minimum absolute atomic E-state index is 0.0193. The van der Waals surface area contributed by atoms with E-state index in [1.165, 1.54) is 12.1 Å². The van der Waals surface area contributed by atoms with Gasteiger partial charge < -0.3 is 5.73 Å². The number of nitrogens with one attached hydrogen (secondary N) is 1. The highest BCUT2D eigenvalue weighted by atomic mass is 35.5. The molecule has 7 heteroatoms. The van der Waals surface area contributed by atoms with Crippen LogP contribution in [-0.2, 0) is 10.0 Å². The lowest BCUT2D eigenvalue weighted by molar-refractivity contribution is 0.556. The summed E-state index contributed by atoms with van der Waals surface area (Å²) < 4.78 is 26.6. The van der Waals surface area contributed by atoms with E-state index >= 15 is 0 Å². The second-order valence-electron chi connectivity index (χ2n) is 3.74. The van der Waals surface area contributed by atoms with E-state index in [0.29, 0.717) is 12.1 Å². The van der Waals surface area contributed by atoms with Crippen LogP contribution in [0.5, 0.6) is 0 Å². The van der Waals surface area contributed by atoms with Gasteiger partial charge in [-0.05, 0) is 25.5 Å². The molecule has 1 rings (SSSR count). The third-order valence-electron chi connectivity index (χ3n) is 2.26. The van der Waals surface area contributed by atoms with Gasteiger partial charge in [-0.15, -0.1) is 0 Å². The third kappa shape index (κ3) is 3.48. The first-order chi connectivity index (χ1) is 7.77. The molecule has 0 aromatic heterocycles. The van der Waals surface area contributed by atoms with Crippen LogP contribution in [0.2, 0.25) is 10.0 Å². The Morgan fingerprint density at radius 3 is 2.24 bits per heavy atom. The molecule has 1 aromatic carbocycles. The molecule has 0 fully saturated rings. The first-order valence-electron chi connectivity index (χ1n) is 5.04. The molecule has 0 radical (unpaired) electrons. The molecule has 0 aliphatic rings. The zero-order chi connectivity index (χ0) is 13.2. The minimum atomic E-state index is -3.72. The Morgan fingerprint density at radius 2 is 1.82 bits per heavy atom. The fourth-order valence-corrected chi connectivity index (χ4v) is 3.80. The summed E-state index contributed by atoms with van der Waals surface area (Å²) in [6.07, 6.45) is 0.670. The molecule has 17 heavy (non-hydrogen) atoms. The first kappa shape index (κ1) is 14.6. The molecule has 1 unspecified atom stereocenters. The molecule has 4 nitrogen and oxygen atoms in total. The smallest absolute Gasteiger partial charge is 0.243 e. The van der Waals surface area contributed by atoms with Gasteiger partial charge in [0.15, 0.2) is 0 Å². The highest BCUT2D eigenvalue weighted by Crippen LogP contribution is 2.31. The number of benzene rings is 1. The SMILES string of the molecule is CCC(C)NS(=O)(=O)c1c(Cl)cc(N)cc1Cl. The van der Waals surface area contributed by atoms with Crippen molar-refractivity contribution in [3.63, 3.8) is 0 Å². The van der Waals surface area contributed by atoms with E-state index in [4.69, 9.17) is 28.9 Å². The van der Waals surface area contributed by atoms with E-state index < -0.39 is 10.0 Å². The van der Waals surface area contributed by atoms with Crippen molar-refractivity contribution in [1.82, 2.24) is 4.72 Å². The zero-order valence-electron chi connectivity index (χ0n) is 9.50. The summed E-state index contributed by atoms with van der Waals surface area (Å²) in [6.45, 7) is 3.63. The molecule has 1 aromatic rings. The molecular weight excluding hydrogens is 283 g/mol. The molecule has 0 amide bonds. The van der Waals surface area contributed by atoms with Gasteiger partial charge in [0.2, 0.25) is 10.0 Å². The highest BCUT2D eigenvalue weighted by molar-refractivity contribution is 7.89. The van der Waals surface area contributed by atoms with Crippen LogP contribution >= 0.6 is 23.2 Å². The van der Waals surface area contributed by atoms with Gasteiger partial charge in [-0.3, -0.25) is 0 Å². The Morgan fingerprint density at radius 1 is 1.35 bits per heavy atom. The summed E-state index contributed by atoms with van der Waals surface area (Å²) in [5.41, 5.74) is 5.84. The molecule has 1 atom stereocenters. The minimum Gasteiger partial charge on any atom is -0.399 e. The number of hydrogen-bond donors (Lipinski definition) is 2. The van der Waals surface area contributed by atoms with Crippen molar-refractivity contribution in [2.45, 2.75) is 31.2 Å². The van der Waals surface area contributed by atoms with E-state index in [-0.39, 0.29) is 21.0 Å². The molecule has 3 N–H and O–H groups in total. The van der Waals surface area contributed by atoms with Crippen molar-refractivity contribution < 1.29 is 8.42 Å². The summed E-state index contributed by atoms with van der Waals surface area (Å²) in [7, 11) is -3.72. The number of halogens is 2. The molecule has 0 heterocycles. The number of anilines is 1. The normalized spacial score (nSPS) is 13.6. The Balaban J connectivity index is 3.25. The molecule has 0 aliphatic heterocycles. The van der Waals surface area contributed by atoms with Gasteiger partial charge in [0.25, 0.3) is 0 Å². The standard InChI is InChI=1S/C10H14Cl2N2O2S/c1-3-6(2)14-17(15,16)10-8(11)4-7(13)5-9(10)12/h4-6,14H,3,13H2,1-2H3. The van der Waals surface area contributed by atoms with Crippen LogP contribution in [0.25, 0.3) is 0 Å². The summed E-state index contributed by atoms with van der Waals surface area (Å²) in [6, 6.07) is 2.53. The van der Waals surface area contributed by atoms with Crippen LogP contribution in [-0.4, -0.2) is 14.5 Å². The largest absolute Gasteiger partial charge is 0.399 e. The van der Waals surface area contributed by atoms with Gasteiger partial charge in [-0.2, -0.15) is 0 Å². The summed E-state index contributed by atoms with van der Waals surface area (Å²) in [5, 5.41) is 0.0385. The third-order valence-corrected chi connectivity index (χ3v) is 4.77.